The number of pyridine rings is 1. The van der Waals surface area contributed by atoms with Crippen LogP contribution in [0.1, 0.15) is 24.5 Å². The van der Waals surface area contributed by atoms with Crippen molar-refractivity contribution in [1.29, 1.82) is 0 Å². The van der Waals surface area contributed by atoms with Crippen LogP contribution >= 0.6 is 0 Å². The molecule has 4 nitrogen and oxygen atoms in total. The third-order valence-corrected chi connectivity index (χ3v) is 3.19. The summed E-state index contributed by atoms with van der Waals surface area (Å²) in [6.07, 6.45) is 2.47. The normalized spacial score (nSPS) is 14.9. The highest BCUT2D eigenvalue weighted by Gasteiger charge is 2.25. The lowest BCUT2D eigenvalue weighted by atomic mass is 10.1. The lowest BCUT2D eigenvalue weighted by Gasteiger charge is -2.09. The van der Waals surface area contributed by atoms with Crippen molar-refractivity contribution >= 4 is 16.6 Å². The van der Waals surface area contributed by atoms with Gasteiger partial charge < -0.3 is 10.2 Å². The van der Waals surface area contributed by atoms with E-state index in [2.05, 4.69) is 10.4 Å². The molecule has 3 N–H and O–H groups in total. The summed E-state index contributed by atoms with van der Waals surface area (Å²) in [6.45, 7) is 0. The van der Waals surface area contributed by atoms with Crippen LogP contribution in [-0.2, 0) is 0 Å². The van der Waals surface area contributed by atoms with Crippen LogP contribution < -0.4 is 16.0 Å². The molecule has 0 saturated heterocycles. The molecule has 1 aliphatic carbocycles. The van der Waals surface area contributed by atoms with Gasteiger partial charge in [0.05, 0.1) is 18.3 Å². The highest BCUT2D eigenvalue weighted by atomic mass is 16.5. The van der Waals surface area contributed by atoms with Crippen LogP contribution in [0, 0.1) is 0 Å². The van der Waals surface area contributed by atoms with Crippen LogP contribution in [0.15, 0.2) is 24.3 Å². The molecule has 1 aromatic carbocycles. The number of methoxy groups -OCH3 is 1. The van der Waals surface area contributed by atoms with Crippen molar-refractivity contribution < 1.29 is 4.74 Å². The molecular formula is C13H15N3O. The Morgan fingerprint density at radius 2 is 2.18 bits per heavy atom. The number of fused-ring (bicyclic) bond motifs is 1. The number of nitrogens with zero attached hydrogens (tertiary/aromatic N) is 1. The summed E-state index contributed by atoms with van der Waals surface area (Å²) >= 11 is 0. The number of ether oxygens (including phenoxy) is 1. The largest absolute Gasteiger partial charge is 0.497 e. The minimum atomic E-state index is 0.619. The van der Waals surface area contributed by atoms with Gasteiger partial charge in [0.25, 0.3) is 0 Å². The van der Waals surface area contributed by atoms with E-state index < -0.39 is 0 Å². The zero-order valence-electron chi connectivity index (χ0n) is 9.73. The lowest BCUT2D eigenvalue weighted by Crippen LogP contribution is -2.08. The van der Waals surface area contributed by atoms with Gasteiger partial charge in [0, 0.05) is 17.0 Å². The third-order valence-electron chi connectivity index (χ3n) is 3.19. The second-order valence-corrected chi connectivity index (χ2v) is 4.40. The Balaban J connectivity index is 2.20. The van der Waals surface area contributed by atoms with Crippen molar-refractivity contribution in [2.24, 2.45) is 5.84 Å². The van der Waals surface area contributed by atoms with Crippen LogP contribution in [0.25, 0.3) is 10.9 Å². The molecule has 1 fully saturated rings. The number of nitrogens with two attached hydrogens (primary N) is 1. The number of hydrogen-bond donors (Lipinski definition) is 2. The summed E-state index contributed by atoms with van der Waals surface area (Å²) in [5.74, 6) is 7.01. The van der Waals surface area contributed by atoms with Crippen molar-refractivity contribution in [3.05, 3.63) is 30.0 Å². The number of anilines is 1. The summed E-state index contributed by atoms with van der Waals surface area (Å²) in [6, 6.07) is 7.89. The fourth-order valence-electron chi connectivity index (χ4n) is 2.06. The molecule has 0 spiro atoms. The van der Waals surface area contributed by atoms with Gasteiger partial charge in [0.15, 0.2) is 0 Å². The molecule has 3 rings (SSSR count). The van der Waals surface area contributed by atoms with Crippen LogP contribution in [0.4, 0.5) is 5.69 Å². The SMILES string of the molecule is COc1ccc2nc(C3CC3)cc(NN)c2c1. The van der Waals surface area contributed by atoms with Crippen LogP contribution in [0.2, 0.25) is 0 Å². The average molecular weight is 229 g/mol. The maximum Gasteiger partial charge on any atom is 0.119 e. The second kappa shape index (κ2) is 3.89. The molecule has 0 radical (unpaired) electrons. The Morgan fingerprint density at radius 3 is 2.82 bits per heavy atom. The Labute approximate surface area is 99.8 Å². The molecule has 0 amide bonds. The molecule has 1 aliphatic rings. The van der Waals surface area contributed by atoms with Gasteiger partial charge in [-0.3, -0.25) is 10.8 Å². The predicted octanol–water partition coefficient (Wildman–Crippen LogP) is 2.41. The molecule has 0 atom stereocenters. The topological polar surface area (TPSA) is 60.2 Å². The first kappa shape index (κ1) is 10.4. The van der Waals surface area contributed by atoms with E-state index >= 15 is 0 Å². The maximum absolute atomic E-state index is 5.58. The summed E-state index contributed by atoms with van der Waals surface area (Å²) in [4.78, 5) is 4.67. The second-order valence-electron chi connectivity index (χ2n) is 4.40. The molecule has 0 bridgehead atoms. The van der Waals surface area contributed by atoms with Gasteiger partial charge >= 0.3 is 0 Å². The monoisotopic (exact) mass is 229 g/mol. The van der Waals surface area contributed by atoms with E-state index in [0.717, 1.165) is 28.0 Å². The van der Waals surface area contributed by atoms with E-state index in [1.54, 1.807) is 7.11 Å². The van der Waals surface area contributed by atoms with Crippen molar-refractivity contribution in [3.63, 3.8) is 0 Å². The zero-order valence-corrected chi connectivity index (χ0v) is 9.73. The standard InChI is InChI=1S/C13H15N3O/c1-17-9-4-5-11-10(6-9)13(16-14)7-12(15-11)8-2-3-8/h4-8H,2-3,14H2,1H3,(H,15,16). The molecule has 0 aliphatic heterocycles. The van der Waals surface area contributed by atoms with E-state index in [0.29, 0.717) is 5.92 Å². The minimum Gasteiger partial charge on any atom is -0.497 e. The fourth-order valence-corrected chi connectivity index (χ4v) is 2.06. The maximum atomic E-state index is 5.58. The van der Waals surface area contributed by atoms with E-state index in [9.17, 15) is 0 Å². The number of nitrogen functional groups attached to an aromatic ring is 1. The molecule has 1 aromatic heterocycles. The van der Waals surface area contributed by atoms with Crippen molar-refractivity contribution in [1.82, 2.24) is 4.98 Å². The third kappa shape index (κ3) is 1.80. The lowest BCUT2D eigenvalue weighted by molar-refractivity contribution is 0.415. The van der Waals surface area contributed by atoms with E-state index in [4.69, 9.17) is 10.6 Å². The number of nitrogens with one attached hydrogen (secondary N) is 1. The van der Waals surface area contributed by atoms with Crippen molar-refractivity contribution in [3.8, 4) is 5.75 Å². The summed E-state index contributed by atoms with van der Waals surface area (Å²) < 4.78 is 5.22. The molecule has 4 heteroatoms. The van der Waals surface area contributed by atoms with Crippen molar-refractivity contribution in [2.45, 2.75) is 18.8 Å². The highest BCUT2D eigenvalue weighted by Crippen LogP contribution is 2.41. The van der Waals surface area contributed by atoms with E-state index in [-0.39, 0.29) is 0 Å². The summed E-state index contributed by atoms with van der Waals surface area (Å²) in [5, 5.41) is 0.997. The molecule has 2 aromatic rings. The first-order chi connectivity index (χ1) is 8.31. The summed E-state index contributed by atoms with van der Waals surface area (Å²) in [5.41, 5.74) is 5.76. The smallest absolute Gasteiger partial charge is 0.119 e. The summed E-state index contributed by atoms with van der Waals surface area (Å²) in [7, 11) is 1.66. The Morgan fingerprint density at radius 1 is 1.35 bits per heavy atom. The Hall–Kier alpha value is -1.81. The minimum absolute atomic E-state index is 0.619. The number of hydrazine groups is 1. The first-order valence-electron chi connectivity index (χ1n) is 5.77. The Kier molecular flexibility index (Phi) is 2.37. The molecular weight excluding hydrogens is 214 g/mol. The molecule has 0 unspecified atom stereocenters. The first-order valence-corrected chi connectivity index (χ1v) is 5.77. The van der Waals surface area contributed by atoms with Crippen LogP contribution in [0.5, 0.6) is 5.75 Å². The predicted molar refractivity (Wildman–Crippen MR) is 68.1 cm³/mol. The van der Waals surface area contributed by atoms with Gasteiger partial charge in [0.2, 0.25) is 0 Å². The Bertz CT molecular complexity index is 564. The molecule has 17 heavy (non-hydrogen) atoms. The zero-order chi connectivity index (χ0) is 11.8. The van der Waals surface area contributed by atoms with Gasteiger partial charge in [-0.15, -0.1) is 0 Å². The fraction of sp³-hybridized carbons (Fsp3) is 0.308. The molecule has 1 saturated carbocycles. The van der Waals surface area contributed by atoms with E-state index in [1.807, 2.05) is 24.3 Å². The molecule has 1 heterocycles. The van der Waals surface area contributed by atoms with Gasteiger partial charge in [-0.25, -0.2) is 0 Å². The number of rotatable bonds is 3. The van der Waals surface area contributed by atoms with Gasteiger partial charge in [0.1, 0.15) is 5.75 Å². The molecule has 88 valence electrons. The van der Waals surface area contributed by atoms with Gasteiger partial charge in [-0.05, 0) is 37.1 Å². The van der Waals surface area contributed by atoms with Crippen LogP contribution in [-0.4, -0.2) is 12.1 Å². The highest BCUT2D eigenvalue weighted by molar-refractivity contribution is 5.92. The average Bonchev–Trinajstić information content (AvgIpc) is 3.21. The number of hydrogen-bond acceptors (Lipinski definition) is 4. The quantitative estimate of drug-likeness (QED) is 0.626. The van der Waals surface area contributed by atoms with Gasteiger partial charge in [-0.2, -0.15) is 0 Å². The number of aromatic nitrogens is 1. The number of benzene rings is 1. The van der Waals surface area contributed by atoms with E-state index in [1.165, 1.54) is 12.8 Å². The van der Waals surface area contributed by atoms with Crippen molar-refractivity contribution in [2.75, 3.05) is 12.5 Å². The van der Waals surface area contributed by atoms with Gasteiger partial charge in [-0.1, -0.05) is 0 Å². The van der Waals surface area contributed by atoms with Crippen LogP contribution in [0.3, 0.4) is 0 Å².